The zero-order valence-electron chi connectivity index (χ0n) is 28.9. The van der Waals surface area contributed by atoms with Crippen molar-refractivity contribution in [3.05, 3.63) is 10.2 Å². The third kappa shape index (κ3) is 9.22. The van der Waals surface area contributed by atoms with Crippen LogP contribution in [0.15, 0.2) is 10.2 Å². The van der Waals surface area contributed by atoms with Gasteiger partial charge in [-0.1, -0.05) is 84.9 Å². The minimum Gasteiger partial charge on any atom is -0.408 e. The number of hydrogen-bond acceptors (Lipinski definition) is 6. The molecular weight excluding hydrogens is 679 g/mol. The van der Waals surface area contributed by atoms with Crippen molar-refractivity contribution >= 4 is 47.5 Å². The van der Waals surface area contributed by atoms with Crippen molar-refractivity contribution < 1.29 is 27.9 Å². The summed E-state index contributed by atoms with van der Waals surface area (Å²) < 4.78 is 37.8. The second kappa shape index (κ2) is 13.7. The van der Waals surface area contributed by atoms with Crippen molar-refractivity contribution in [1.29, 1.82) is 0 Å². The van der Waals surface area contributed by atoms with E-state index in [0.29, 0.717) is 6.42 Å². The average Bonchev–Trinajstić information content (AvgIpc) is 2.78. The first-order valence-electron chi connectivity index (χ1n) is 15.6. The molecule has 2 aliphatic rings. The molecule has 2 saturated heterocycles. The third-order valence-corrected chi connectivity index (χ3v) is 24.4. The molecule has 6 nitrogen and oxygen atoms in total. The summed E-state index contributed by atoms with van der Waals surface area (Å²) >= 11 is 2.30. The predicted octanol–water partition coefficient (Wildman–Crippen LogP) is 8.80. The first-order valence-corrected chi connectivity index (χ1v) is 25.6. The van der Waals surface area contributed by atoms with Crippen LogP contribution in [0.1, 0.15) is 81.6 Å². The fourth-order valence-electron chi connectivity index (χ4n) is 4.71. The summed E-state index contributed by atoms with van der Waals surface area (Å²) in [6, 6.07) is 0. The van der Waals surface area contributed by atoms with Gasteiger partial charge >= 0.3 is 0 Å². The zero-order chi connectivity index (χ0) is 31.8. The standard InChI is InChI=1S/C31H63IO6Si3/c1-29(2,3)39(10,11)36-24(18-20-32)26-28(38-41(14,15)31(7,8)9)27(37-40(12,13)30(4,5)6)25-23(35-26)17-16-22(34-25)19-21-33/h18,20,22-28,33H,16-17,19,21H2,1-15H3/b20-18+/t22-,23+,24?,25+,26+,27+,28-/m1/s1. The van der Waals surface area contributed by atoms with Crippen molar-refractivity contribution in [1.82, 2.24) is 0 Å². The van der Waals surface area contributed by atoms with Gasteiger partial charge in [-0.25, -0.2) is 0 Å². The van der Waals surface area contributed by atoms with Gasteiger partial charge in [-0.05, 0) is 83.8 Å². The molecule has 41 heavy (non-hydrogen) atoms. The van der Waals surface area contributed by atoms with E-state index < -0.39 is 25.0 Å². The van der Waals surface area contributed by atoms with Crippen LogP contribution in [0.5, 0.6) is 0 Å². The summed E-state index contributed by atoms with van der Waals surface area (Å²) in [5.41, 5.74) is 0. The van der Waals surface area contributed by atoms with Crippen LogP contribution >= 0.6 is 22.6 Å². The Kier molecular flexibility index (Phi) is 12.7. The maximum absolute atomic E-state index is 9.74. The smallest absolute Gasteiger partial charge is 0.193 e. The van der Waals surface area contributed by atoms with E-state index in [1.54, 1.807) is 0 Å². The maximum Gasteiger partial charge on any atom is 0.193 e. The molecule has 0 saturated carbocycles. The van der Waals surface area contributed by atoms with E-state index in [1.165, 1.54) is 0 Å². The Bertz CT molecular complexity index is 875. The third-order valence-electron chi connectivity index (χ3n) is 10.5. The van der Waals surface area contributed by atoms with Gasteiger partial charge in [0.1, 0.15) is 24.4 Å². The van der Waals surface area contributed by atoms with Crippen molar-refractivity contribution in [2.45, 2.75) is 179 Å². The van der Waals surface area contributed by atoms with Gasteiger partial charge < -0.3 is 27.9 Å². The molecule has 0 aromatic rings. The summed E-state index contributed by atoms with van der Waals surface area (Å²) in [6.45, 7) is 34.6. The second-order valence-corrected chi connectivity index (χ2v) is 31.8. The van der Waals surface area contributed by atoms with Crippen LogP contribution in [0.3, 0.4) is 0 Å². The largest absolute Gasteiger partial charge is 0.408 e. The van der Waals surface area contributed by atoms with Crippen LogP contribution in [0.2, 0.25) is 54.4 Å². The van der Waals surface area contributed by atoms with E-state index in [4.69, 9.17) is 22.8 Å². The van der Waals surface area contributed by atoms with E-state index in [-0.39, 0.29) is 64.4 Å². The highest BCUT2D eigenvalue weighted by atomic mass is 127. The Morgan fingerprint density at radius 2 is 1.27 bits per heavy atom. The molecule has 0 aromatic carbocycles. The van der Waals surface area contributed by atoms with E-state index in [9.17, 15) is 5.11 Å². The van der Waals surface area contributed by atoms with Crippen LogP contribution < -0.4 is 0 Å². The van der Waals surface area contributed by atoms with E-state index in [2.05, 4.69) is 134 Å². The number of hydrogen-bond donors (Lipinski definition) is 1. The van der Waals surface area contributed by atoms with Crippen molar-refractivity contribution in [3.8, 4) is 0 Å². The van der Waals surface area contributed by atoms with Gasteiger partial charge in [0.2, 0.25) is 0 Å². The molecule has 7 atom stereocenters. The Morgan fingerprint density at radius 1 is 0.780 bits per heavy atom. The minimum absolute atomic E-state index is 0.00560. The molecule has 2 aliphatic heterocycles. The lowest BCUT2D eigenvalue weighted by atomic mass is 9.87. The van der Waals surface area contributed by atoms with Crippen LogP contribution in [0.25, 0.3) is 0 Å². The maximum atomic E-state index is 9.74. The van der Waals surface area contributed by atoms with E-state index in [0.717, 1.165) is 12.8 Å². The Balaban J connectivity index is 2.72. The Hall–Kier alpha value is 0.881. The quantitative estimate of drug-likeness (QED) is 0.178. The molecule has 2 fully saturated rings. The van der Waals surface area contributed by atoms with Gasteiger partial charge in [-0.15, -0.1) is 0 Å². The summed E-state index contributed by atoms with van der Waals surface area (Å²) in [6.07, 6.45) is 2.94. The lowest BCUT2D eigenvalue weighted by Crippen LogP contribution is -2.69. The molecule has 1 N–H and O–H groups in total. The fourth-order valence-corrected chi connectivity index (χ4v) is 8.97. The molecular formula is C31H63IO6Si3. The first-order chi connectivity index (χ1) is 18.4. The van der Waals surface area contributed by atoms with Crippen molar-refractivity contribution in [2.24, 2.45) is 0 Å². The monoisotopic (exact) mass is 742 g/mol. The topological polar surface area (TPSA) is 66.4 Å². The predicted molar refractivity (Wildman–Crippen MR) is 188 cm³/mol. The van der Waals surface area contributed by atoms with Gasteiger partial charge in [0.05, 0.1) is 18.3 Å². The van der Waals surface area contributed by atoms with Crippen LogP contribution in [0, 0.1) is 0 Å². The number of halogens is 1. The molecule has 0 aliphatic carbocycles. The summed E-state index contributed by atoms with van der Waals surface area (Å²) in [7, 11) is -6.64. The van der Waals surface area contributed by atoms with Gasteiger partial charge in [0.25, 0.3) is 0 Å². The molecule has 0 spiro atoms. The first kappa shape index (κ1) is 38.1. The number of aliphatic hydroxyl groups excluding tert-OH is 1. The molecule has 0 bridgehead atoms. The Morgan fingerprint density at radius 3 is 1.71 bits per heavy atom. The van der Waals surface area contributed by atoms with Crippen LogP contribution in [-0.2, 0) is 22.8 Å². The lowest BCUT2D eigenvalue weighted by Gasteiger charge is -2.56. The number of ether oxygens (including phenoxy) is 2. The number of aliphatic hydroxyl groups is 1. The fraction of sp³-hybridized carbons (Fsp3) is 0.935. The van der Waals surface area contributed by atoms with Crippen LogP contribution in [0.4, 0.5) is 0 Å². The summed E-state index contributed by atoms with van der Waals surface area (Å²) in [4.78, 5) is 0. The molecule has 2 heterocycles. The van der Waals surface area contributed by atoms with Gasteiger partial charge in [0.15, 0.2) is 25.0 Å². The normalized spacial score (nSPS) is 30.0. The minimum atomic E-state index is -2.26. The average molecular weight is 743 g/mol. The zero-order valence-corrected chi connectivity index (χ0v) is 34.0. The SMILES string of the molecule is CC(C)(C)[Si](C)(C)OC(/C=C/I)[C@@H]1O[C@H]2CC[C@H](CCO)O[C@@H]2[C@H](O[Si](C)(C)C(C)(C)C)[C@@H]1O[Si](C)(C)C(C)(C)C. The van der Waals surface area contributed by atoms with Gasteiger partial charge in [-0.3, -0.25) is 0 Å². The highest BCUT2D eigenvalue weighted by Gasteiger charge is 2.57. The van der Waals surface area contributed by atoms with E-state index >= 15 is 0 Å². The highest BCUT2D eigenvalue weighted by Crippen LogP contribution is 2.47. The summed E-state index contributed by atoms with van der Waals surface area (Å²) in [5, 5.41) is 9.83. The van der Waals surface area contributed by atoms with Gasteiger partial charge in [0, 0.05) is 6.61 Å². The van der Waals surface area contributed by atoms with Crippen molar-refractivity contribution in [2.75, 3.05) is 6.61 Å². The Labute approximate surface area is 269 Å². The molecule has 242 valence electrons. The molecule has 1 unspecified atom stereocenters. The van der Waals surface area contributed by atoms with E-state index in [1.807, 2.05) is 0 Å². The molecule has 2 rings (SSSR count). The van der Waals surface area contributed by atoms with Crippen molar-refractivity contribution in [3.63, 3.8) is 0 Å². The second-order valence-electron chi connectivity index (χ2n) is 16.8. The molecule has 0 aromatic heterocycles. The summed E-state index contributed by atoms with van der Waals surface area (Å²) in [5.74, 6) is 0. The number of fused-ring (bicyclic) bond motifs is 1. The van der Waals surface area contributed by atoms with Gasteiger partial charge in [-0.2, -0.15) is 0 Å². The molecule has 0 radical (unpaired) electrons. The van der Waals surface area contributed by atoms with Crippen LogP contribution in [-0.4, -0.2) is 79.4 Å². The molecule has 10 heteroatoms. The number of rotatable bonds is 10. The highest BCUT2D eigenvalue weighted by molar-refractivity contribution is 14.1. The lowest BCUT2D eigenvalue weighted by molar-refractivity contribution is -0.267. The molecule has 0 amide bonds.